The van der Waals surface area contributed by atoms with Crippen molar-refractivity contribution in [1.29, 1.82) is 0 Å². The van der Waals surface area contributed by atoms with Gasteiger partial charge in [-0.1, -0.05) is 6.07 Å². The Bertz CT molecular complexity index is 921. The molecule has 0 bridgehead atoms. The first-order valence-electron chi connectivity index (χ1n) is 7.57. The minimum atomic E-state index is -4.61. The van der Waals surface area contributed by atoms with Gasteiger partial charge in [-0.25, -0.2) is 9.97 Å². The Hall–Kier alpha value is -3.24. The van der Waals surface area contributed by atoms with Crippen LogP contribution in [0.4, 0.5) is 24.8 Å². The third kappa shape index (κ3) is 4.05. The summed E-state index contributed by atoms with van der Waals surface area (Å²) in [6.45, 7) is 1.96. The van der Waals surface area contributed by atoms with E-state index in [0.29, 0.717) is 5.82 Å². The number of alkyl halides is 3. The minimum absolute atomic E-state index is 0.0232. The number of rotatable bonds is 5. The van der Waals surface area contributed by atoms with E-state index in [1.807, 2.05) is 6.92 Å². The average Bonchev–Trinajstić information content (AvgIpc) is 3.05. The summed E-state index contributed by atoms with van der Waals surface area (Å²) in [4.78, 5) is 23.0. The predicted molar refractivity (Wildman–Crippen MR) is 86.5 cm³/mol. The summed E-state index contributed by atoms with van der Waals surface area (Å²) < 4.78 is 39.8. The molecular formula is C15H14F3N7O. The van der Waals surface area contributed by atoms with E-state index >= 15 is 0 Å². The topological polar surface area (TPSA) is 97.1 Å². The summed E-state index contributed by atoms with van der Waals surface area (Å²) in [5, 5.41) is 9.18. The summed E-state index contributed by atoms with van der Waals surface area (Å²) in [6, 6.07) is 4.29. The van der Waals surface area contributed by atoms with Gasteiger partial charge in [0.2, 0.25) is 5.91 Å². The third-order valence-corrected chi connectivity index (χ3v) is 3.38. The van der Waals surface area contributed by atoms with E-state index < -0.39 is 11.9 Å². The first-order chi connectivity index (χ1) is 12.3. The zero-order valence-corrected chi connectivity index (χ0v) is 13.6. The number of aryl methyl sites for hydroxylation is 1. The summed E-state index contributed by atoms with van der Waals surface area (Å²) in [6.07, 6.45) is -1.87. The average molecular weight is 365 g/mol. The van der Waals surface area contributed by atoms with Gasteiger partial charge >= 0.3 is 6.18 Å². The van der Waals surface area contributed by atoms with E-state index in [9.17, 15) is 18.0 Å². The number of hydrogen-bond donors (Lipinski definition) is 2. The fourth-order valence-corrected chi connectivity index (χ4v) is 2.13. The molecule has 0 fully saturated rings. The molecule has 136 valence electrons. The van der Waals surface area contributed by atoms with E-state index in [-0.39, 0.29) is 30.5 Å². The van der Waals surface area contributed by atoms with Crippen molar-refractivity contribution in [3.8, 4) is 0 Å². The van der Waals surface area contributed by atoms with Gasteiger partial charge in [0.1, 0.15) is 18.0 Å². The van der Waals surface area contributed by atoms with Crippen molar-refractivity contribution in [3.63, 3.8) is 0 Å². The highest BCUT2D eigenvalue weighted by molar-refractivity contribution is 5.90. The zero-order chi connectivity index (χ0) is 18.7. The van der Waals surface area contributed by atoms with E-state index in [4.69, 9.17) is 0 Å². The number of pyridine rings is 1. The zero-order valence-electron chi connectivity index (χ0n) is 13.6. The van der Waals surface area contributed by atoms with Crippen molar-refractivity contribution in [2.75, 3.05) is 17.2 Å². The lowest BCUT2D eigenvalue weighted by Gasteiger charge is -2.11. The number of aromatic nitrogens is 5. The van der Waals surface area contributed by atoms with Crippen LogP contribution in [0.1, 0.15) is 17.7 Å². The second-order valence-corrected chi connectivity index (χ2v) is 5.44. The molecule has 0 saturated carbocycles. The summed E-state index contributed by atoms with van der Waals surface area (Å²) in [7, 11) is 0. The SMILES string of the molecule is Cc1ccc(NC(=O)CCNc2cc(C(F)(F)F)nc3ncnn23)nc1. The van der Waals surface area contributed by atoms with Gasteiger partial charge in [0.15, 0.2) is 5.69 Å². The van der Waals surface area contributed by atoms with Crippen LogP contribution in [0.25, 0.3) is 5.78 Å². The molecule has 0 aliphatic carbocycles. The maximum absolute atomic E-state index is 12.9. The van der Waals surface area contributed by atoms with Gasteiger partial charge in [-0.2, -0.15) is 27.8 Å². The number of fused-ring (bicyclic) bond motifs is 1. The molecule has 1 amide bonds. The van der Waals surface area contributed by atoms with Gasteiger partial charge in [-0.15, -0.1) is 0 Å². The molecule has 0 radical (unpaired) electrons. The number of halogens is 3. The van der Waals surface area contributed by atoms with Gasteiger partial charge in [0.25, 0.3) is 5.78 Å². The van der Waals surface area contributed by atoms with E-state index in [1.165, 1.54) is 0 Å². The monoisotopic (exact) mass is 365 g/mol. The minimum Gasteiger partial charge on any atom is -0.369 e. The number of nitrogens with zero attached hydrogens (tertiary/aromatic N) is 5. The van der Waals surface area contributed by atoms with Gasteiger partial charge < -0.3 is 10.6 Å². The van der Waals surface area contributed by atoms with Crippen molar-refractivity contribution in [2.45, 2.75) is 19.5 Å². The molecule has 3 rings (SSSR count). The molecule has 8 nitrogen and oxygen atoms in total. The lowest BCUT2D eigenvalue weighted by atomic mass is 10.3. The van der Waals surface area contributed by atoms with Crippen LogP contribution in [0.3, 0.4) is 0 Å². The Morgan fingerprint density at radius 1 is 1.27 bits per heavy atom. The van der Waals surface area contributed by atoms with Gasteiger partial charge in [-0.05, 0) is 18.6 Å². The predicted octanol–water partition coefficient (Wildman–Crippen LogP) is 2.29. The largest absolute Gasteiger partial charge is 0.433 e. The van der Waals surface area contributed by atoms with Crippen LogP contribution < -0.4 is 10.6 Å². The molecule has 0 atom stereocenters. The maximum atomic E-state index is 12.9. The standard InChI is InChI=1S/C15H14F3N7O/c1-9-2-3-11(20-7-9)24-13(26)4-5-19-12-6-10(15(16,17)18)23-14-21-8-22-25(12)14/h2-3,6-8,19H,4-5H2,1H3,(H,20,24,26). The molecule has 0 aliphatic heterocycles. The van der Waals surface area contributed by atoms with E-state index in [0.717, 1.165) is 22.5 Å². The van der Waals surface area contributed by atoms with Crippen LogP contribution >= 0.6 is 0 Å². The van der Waals surface area contributed by atoms with Crippen molar-refractivity contribution in [1.82, 2.24) is 24.6 Å². The quantitative estimate of drug-likeness (QED) is 0.720. The van der Waals surface area contributed by atoms with E-state index in [1.54, 1.807) is 18.3 Å². The highest BCUT2D eigenvalue weighted by Crippen LogP contribution is 2.29. The fourth-order valence-electron chi connectivity index (χ4n) is 2.13. The molecule has 0 aliphatic rings. The van der Waals surface area contributed by atoms with Crippen LogP contribution in [0.2, 0.25) is 0 Å². The van der Waals surface area contributed by atoms with Crippen molar-refractivity contribution in [3.05, 3.63) is 42.0 Å². The second-order valence-electron chi connectivity index (χ2n) is 5.44. The lowest BCUT2D eigenvalue weighted by molar-refractivity contribution is -0.141. The van der Waals surface area contributed by atoms with Crippen LogP contribution in [0.5, 0.6) is 0 Å². The molecule has 0 saturated heterocycles. The number of nitrogens with one attached hydrogen (secondary N) is 2. The number of hydrogen-bond acceptors (Lipinski definition) is 6. The second kappa shape index (κ2) is 6.94. The molecular weight excluding hydrogens is 351 g/mol. The highest BCUT2D eigenvalue weighted by atomic mass is 19.4. The van der Waals surface area contributed by atoms with E-state index in [2.05, 4.69) is 30.7 Å². The lowest BCUT2D eigenvalue weighted by Crippen LogP contribution is -2.19. The van der Waals surface area contributed by atoms with Crippen LogP contribution in [-0.4, -0.2) is 37.0 Å². The molecule has 0 aromatic carbocycles. The third-order valence-electron chi connectivity index (χ3n) is 3.38. The molecule has 3 heterocycles. The number of carbonyl (C=O) groups is 1. The fraction of sp³-hybridized carbons (Fsp3) is 0.267. The summed E-state index contributed by atoms with van der Waals surface area (Å²) >= 11 is 0. The normalized spacial score (nSPS) is 11.5. The Morgan fingerprint density at radius 3 is 2.77 bits per heavy atom. The Balaban J connectivity index is 1.65. The summed E-state index contributed by atoms with van der Waals surface area (Å²) in [5.41, 5.74) is -0.131. The molecule has 0 unspecified atom stereocenters. The summed E-state index contributed by atoms with van der Waals surface area (Å²) in [5.74, 6) is -0.0620. The van der Waals surface area contributed by atoms with Crippen molar-refractivity contribution >= 4 is 23.3 Å². The first-order valence-corrected chi connectivity index (χ1v) is 7.57. The molecule has 11 heteroatoms. The Morgan fingerprint density at radius 2 is 2.08 bits per heavy atom. The highest BCUT2D eigenvalue weighted by Gasteiger charge is 2.34. The molecule has 2 N–H and O–H groups in total. The van der Waals surface area contributed by atoms with Crippen molar-refractivity contribution in [2.24, 2.45) is 0 Å². The molecule has 3 aromatic rings. The van der Waals surface area contributed by atoms with Gasteiger partial charge in [0, 0.05) is 25.2 Å². The molecule has 0 spiro atoms. The first kappa shape index (κ1) is 17.6. The van der Waals surface area contributed by atoms with Crippen molar-refractivity contribution < 1.29 is 18.0 Å². The Labute approximate surface area is 145 Å². The Kier molecular flexibility index (Phi) is 4.69. The molecule has 3 aromatic heterocycles. The smallest absolute Gasteiger partial charge is 0.369 e. The number of amides is 1. The molecule has 26 heavy (non-hydrogen) atoms. The maximum Gasteiger partial charge on any atom is 0.433 e. The number of anilines is 2. The van der Waals surface area contributed by atoms with Gasteiger partial charge in [0.05, 0.1) is 0 Å². The van der Waals surface area contributed by atoms with Crippen LogP contribution in [0, 0.1) is 6.92 Å². The number of carbonyl (C=O) groups excluding carboxylic acids is 1. The van der Waals surface area contributed by atoms with Gasteiger partial charge in [-0.3, -0.25) is 4.79 Å². The van der Waals surface area contributed by atoms with Crippen LogP contribution in [0.15, 0.2) is 30.7 Å². The van der Waals surface area contributed by atoms with Crippen LogP contribution in [-0.2, 0) is 11.0 Å².